The highest BCUT2D eigenvalue weighted by Gasteiger charge is 2.16. The van der Waals surface area contributed by atoms with Crippen molar-refractivity contribution in [2.24, 2.45) is 0 Å². The quantitative estimate of drug-likeness (QED) is 0.806. The van der Waals surface area contributed by atoms with Crippen LogP contribution in [0.15, 0.2) is 5.38 Å². The molecule has 0 aliphatic rings. The van der Waals surface area contributed by atoms with Crippen LogP contribution in [0.2, 0.25) is 5.15 Å². The monoisotopic (exact) mass is 324 g/mol. The van der Waals surface area contributed by atoms with Gasteiger partial charge in [-0.1, -0.05) is 32.4 Å². The Kier molecular flexibility index (Phi) is 5.17. The maximum Gasteiger partial charge on any atom is 0.138 e. The molecule has 0 spiro atoms. The molecule has 114 valence electrons. The number of hydrogen-bond acceptors (Lipinski definition) is 5. The molecule has 21 heavy (non-hydrogen) atoms. The maximum absolute atomic E-state index is 6.21. The number of thiazole rings is 1. The van der Waals surface area contributed by atoms with Gasteiger partial charge in [-0.15, -0.1) is 11.3 Å². The smallest absolute Gasteiger partial charge is 0.138 e. The molecule has 0 saturated heterocycles. The highest BCUT2D eigenvalue weighted by Crippen LogP contribution is 2.27. The summed E-state index contributed by atoms with van der Waals surface area (Å²) < 4.78 is 0. The Bertz CT molecular complexity index is 624. The van der Waals surface area contributed by atoms with Gasteiger partial charge in [0.1, 0.15) is 16.8 Å². The topological polar surface area (TPSA) is 50.7 Å². The summed E-state index contributed by atoms with van der Waals surface area (Å²) >= 11 is 7.91. The zero-order valence-electron chi connectivity index (χ0n) is 13.1. The van der Waals surface area contributed by atoms with Crippen LogP contribution in [-0.4, -0.2) is 15.0 Å². The van der Waals surface area contributed by atoms with Crippen LogP contribution in [0.4, 0.5) is 5.82 Å². The van der Waals surface area contributed by atoms with Crippen LogP contribution in [0.5, 0.6) is 0 Å². The molecular weight excluding hydrogens is 304 g/mol. The molecule has 0 radical (unpaired) electrons. The van der Waals surface area contributed by atoms with Crippen molar-refractivity contribution in [2.45, 2.75) is 53.0 Å². The molecule has 2 heterocycles. The molecular formula is C15H21ClN4S. The second-order valence-electron chi connectivity index (χ2n) is 5.37. The molecule has 0 fully saturated rings. The minimum Gasteiger partial charge on any atom is -0.362 e. The van der Waals surface area contributed by atoms with E-state index >= 15 is 0 Å². The van der Waals surface area contributed by atoms with Crippen molar-refractivity contribution in [2.75, 3.05) is 5.32 Å². The van der Waals surface area contributed by atoms with Crippen LogP contribution in [0, 0.1) is 6.92 Å². The van der Waals surface area contributed by atoms with Gasteiger partial charge in [0, 0.05) is 16.9 Å². The first-order valence-corrected chi connectivity index (χ1v) is 8.43. The summed E-state index contributed by atoms with van der Waals surface area (Å²) in [5, 5.41) is 7.21. The number of nitrogens with one attached hydrogen (secondary N) is 1. The van der Waals surface area contributed by atoms with Gasteiger partial charge in [0.05, 0.1) is 16.7 Å². The van der Waals surface area contributed by atoms with E-state index in [2.05, 4.69) is 53.3 Å². The van der Waals surface area contributed by atoms with Crippen molar-refractivity contribution in [1.29, 1.82) is 0 Å². The lowest BCUT2D eigenvalue weighted by Crippen LogP contribution is -2.12. The van der Waals surface area contributed by atoms with Gasteiger partial charge in [-0.3, -0.25) is 0 Å². The van der Waals surface area contributed by atoms with Gasteiger partial charge >= 0.3 is 0 Å². The van der Waals surface area contributed by atoms with Crippen molar-refractivity contribution < 1.29 is 0 Å². The van der Waals surface area contributed by atoms with E-state index in [1.54, 1.807) is 11.3 Å². The van der Waals surface area contributed by atoms with E-state index in [9.17, 15) is 0 Å². The lowest BCUT2D eigenvalue weighted by Gasteiger charge is -2.16. The average molecular weight is 325 g/mol. The van der Waals surface area contributed by atoms with Crippen molar-refractivity contribution in [3.63, 3.8) is 0 Å². The van der Waals surface area contributed by atoms with E-state index in [1.807, 2.05) is 6.92 Å². The maximum atomic E-state index is 6.21. The molecule has 1 atom stereocenters. The summed E-state index contributed by atoms with van der Waals surface area (Å²) in [6.45, 7) is 10.3. The summed E-state index contributed by atoms with van der Waals surface area (Å²) in [4.78, 5) is 13.4. The summed E-state index contributed by atoms with van der Waals surface area (Å²) in [7, 11) is 0. The highest BCUT2D eigenvalue weighted by atomic mass is 35.5. The van der Waals surface area contributed by atoms with Crippen LogP contribution in [0.1, 0.15) is 61.7 Å². The molecule has 4 nitrogen and oxygen atoms in total. The Labute approximate surface area is 135 Å². The standard InChI is InChI=1S/C15H21ClN4S/c1-6-11-13(16)18-10(5)19-14(11)17-9(4)12-7-21-15(20-12)8(2)3/h7-9H,6H2,1-5H3,(H,17,18,19). The van der Waals surface area contributed by atoms with Gasteiger partial charge in [-0.2, -0.15) is 0 Å². The van der Waals surface area contributed by atoms with Crippen LogP contribution in [0.3, 0.4) is 0 Å². The predicted octanol–water partition coefficient (Wildman–Crippen LogP) is 4.75. The summed E-state index contributed by atoms with van der Waals surface area (Å²) in [5.74, 6) is 1.94. The predicted molar refractivity (Wildman–Crippen MR) is 89.4 cm³/mol. The molecule has 2 rings (SSSR count). The molecule has 0 saturated carbocycles. The molecule has 2 aromatic rings. The van der Waals surface area contributed by atoms with Gasteiger partial charge in [0.2, 0.25) is 0 Å². The third-order valence-corrected chi connectivity index (χ3v) is 4.73. The number of hydrogen-bond donors (Lipinski definition) is 1. The van der Waals surface area contributed by atoms with Crippen LogP contribution in [-0.2, 0) is 6.42 Å². The Morgan fingerprint density at radius 3 is 2.52 bits per heavy atom. The van der Waals surface area contributed by atoms with Gasteiger partial charge in [0.25, 0.3) is 0 Å². The van der Waals surface area contributed by atoms with Crippen molar-refractivity contribution in [3.05, 3.63) is 32.6 Å². The second kappa shape index (κ2) is 6.71. The first-order valence-electron chi connectivity index (χ1n) is 7.17. The zero-order chi connectivity index (χ0) is 15.6. The second-order valence-corrected chi connectivity index (χ2v) is 6.62. The molecule has 2 aromatic heterocycles. The fraction of sp³-hybridized carbons (Fsp3) is 0.533. The number of anilines is 1. The van der Waals surface area contributed by atoms with Gasteiger partial charge in [-0.25, -0.2) is 15.0 Å². The number of aryl methyl sites for hydroxylation is 1. The third-order valence-electron chi connectivity index (χ3n) is 3.25. The normalized spacial score (nSPS) is 12.7. The highest BCUT2D eigenvalue weighted by molar-refractivity contribution is 7.09. The van der Waals surface area contributed by atoms with E-state index in [0.717, 1.165) is 28.5 Å². The third kappa shape index (κ3) is 3.71. The lowest BCUT2D eigenvalue weighted by atomic mass is 10.2. The number of rotatable bonds is 5. The average Bonchev–Trinajstić information content (AvgIpc) is 2.88. The Morgan fingerprint density at radius 1 is 1.24 bits per heavy atom. The van der Waals surface area contributed by atoms with E-state index in [0.29, 0.717) is 16.9 Å². The number of aromatic nitrogens is 3. The Morgan fingerprint density at radius 2 is 1.95 bits per heavy atom. The molecule has 0 aliphatic heterocycles. The van der Waals surface area contributed by atoms with Crippen molar-refractivity contribution >= 4 is 28.8 Å². The Hall–Kier alpha value is -1.20. The molecule has 0 aromatic carbocycles. The fourth-order valence-corrected chi connectivity index (χ4v) is 3.31. The van der Waals surface area contributed by atoms with Gasteiger partial charge < -0.3 is 5.32 Å². The zero-order valence-corrected chi connectivity index (χ0v) is 14.6. The largest absolute Gasteiger partial charge is 0.362 e. The molecule has 1 N–H and O–H groups in total. The summed E-state index contributed by atoms with van der Waals surface area (Å²) in [6, 6.07) is 0.0874. The number of halogens is 1. The molecule has 6 heteroatoms. The molecule has 0 bridgehead atoms. The first-order chi connectivity index (χ1) is 9.92. The van der Waals surface area contributed by atoms with Crippen LogP contribution in [0.25, 0.3) is 0 Å². The van der Waals surface area contributed by atoms with Gasteiger partial charge in [-0.05, 0) is 20.3 Å². The van der Waals surface area contributed by atoms with Gasteiger partial charge in [0.15, 0.2) is 0 Å². The van der Waals surface area contributed by atoms with E-state index in [4.69, 9.17) is 11.6 Å². The molecule has 0 aliphatic carbocycles. The van der Waals surface area contributed by atoms with Crippen LogP contribution < -0.4 is 5.32 Å². The summed E-state index contributed by atoms with van der Waals surface area (Å²) in [5.41, 5.74) is 1.99. The number of nitrogens with zero attached hydrogens (tertiary/aromatic N) is 3. The fourth-order valence-electron chi connectivity index (χ4n) is 2.04. The minimum atomic E-state index is 0.0874. The minimum absolute atomic E-state index is 0.0874. The van der Waals surface area contributed by atoms with E-state index < -0.39 is 0 Å². The first kappa shape index (κ1) is 16.2. The molecule has 1 unspecified atom stereocenters. The Balaban J connectivity index is 2.24. The van der Waals surface area contributed by atoms with E-state index in [-0.39, 0.29) is 6.04 Å². The molecule has 0 amide bonds. The van der Waals surface area contributed by atoms with Crippen LogP contribution >= 0.6 is 22.9 Å². The van der Waals surface area contributed by atoms with E-state index in [1.165, 1.54) is 0 Å². The SMILES string of the molecule is CCc1c(Cl)nc(C)nc1NC(C)c1csc(C(C)C)n1. The van der Waals surface area contributed by atoms with Crippen molar-refractivity contribution in [1.82, 2.24) is 15.0 Å². The van der Waals surface area contributed by atoms with Crippen molar-refractivity contribution in [3.8, 4) is 0 Å². The summed E-state index contributed by atoms with van der Waals surface area (Å²) in [6.07, 6.45) is 0.794. The lowest BCUT2D eigenvalue weighted by molar-refractivity contribution is 0.793.